The molecule has 4 aromatic rings. The average Bonchev–Trinajstić information content (AvgIpc) is 2.87. The molecule has 0 amide bonds. The van der Waals surface area contributed by atoms with E-state index in [1.807, 2.05) is 27.7 Å². The molecule has 1 radical (unpaired) electrons. The van der Waals surface area contributed by atoms with Crippen molar-refractivity contribution in [1.82, 2.24) is 4.98 Å². The van der Waals surface area contributed by atoms with E-state index in [1.54, 1.807) is 0 Å². The van der Waals surface area contributed by atoms with E-state index in [4.69, 9.17) is 4.98 Å². The van der Waals surface area contributed by atoms with Crippen LogP contribution >= 0.6 is 0 Å². The first-order valence-electron chi connectivity index (χ1n) is 13.7. The summed E-state index contributed by atoms with van der Waals surface area (Å²) in [5, 5.41) is 12.0. The Kier molecular flexibility index (Phi) is 11.8. The van der Waals surface area contributed by atoms with Gasteiger partial charge in [0, 0.05) is 38.0 Å². The van der Waals surface area contributed by atoms with Gasteiger partial charge in [0.25, 0.3) is 0 Å². The topological polar surface area (TPSA) is 50.2 Å². The van der Waals surface area contributed by atoms with E-state index >= 15 is 0 Å². The van der Waals surface area contributed by atoms with Gasteiger partial charge in [-0.05, 0) is 33.5 Å². The number of benzene rings is 3. The molecule has 0 spiro atoms. The maximum atomic E-state index is 11.0. The first-order valence-corrected chi connectivity index (χ1v) is 17.2. The minimum atomic E-state index is -1.59. The number of allylic oxidation sites excluding steroid dienone is 2. The van der Waals surface area contributed by atoms with E-state index in [-0.39, 0.29) is 43.5 Å². The summed E-state index contributed by atoms with van der Waals surface area (Å²) < 4.78 is 0. The summed E-state index contributed by atoms with van der Waals surface area (Å²) in [5.74, 6) is 0.161. The fourth-order valence-electron chi connectivity index (χ4n) is 4.53. The normalized spacial score (nSPS) is 11.7. The quantitative estimate of drug-likeness (QED) is 0.0935. The predicted molar refractivity (Wildman–Crippen MR) is 169 cm³/mol. The maximum Gasteiger partial charge on any atom is 0.161 e. The number of hydrogen-bond donors (Lipinski definition) is 1. The van der Waals surface area contributed by atoms with Gasteiger partial charge < -0.3 is 5.11 Å². The van der Waals surface area contributed by atoms with Gasteiger partial charge in [-0.1, -0.05) is 110 Å². The summed E-state index contributed by atoms with van der Waals surface area (Å²) >= 11 is 0. The van der Waals surface area contributed by atoms with Gasteiger partial charge in [-0.25, -0.2) is 0 Å². The van der Waals surface area contributed by atoms with Gasteiger partial charge in [0.15, 0.2) is 5.78 Å². The Labute approximate surface area is 255 Å². The van der Waals surface area contributed by atoms with Crippen molar-refractivity contribution >= 4 is 29.9 Å². The molecule has 0 unspecified atom stereocenters. The van der Waals surface area contributed by atoms with Crippen molar-refractivity contribution in [3.05, 3.63) is 95.8 Å². The second-order valence-electron chi connectivity index (χ2n) is 11.9. The third-order valence-electron chi connectivity index (χ3n) is 6.58. The Balaban J connectivity index is 0.000000400. The molecular weight excluding hydrogens is 687 g/mol. The van der Waals surface area contributed by atoms with Gasteiger partial charge >= 0.3 is 0 Å². The number of aliphatic hydroxyl groups is 1. The smallest absolute Gasteiger partial charge is 0.161 e. The van der Waals surface area contributed by atoms with Gasteiger partial charge in [-0.3, -0.25) is 9.78 Å². The van der Waals surface area contributed by atoms with Crippen molar-refractivity contribution in [3.8, 4) is 22.4 Å². The molecule has 0 saturated heterocycles. The van der Waals surface area contributed by atoms with E-state index in [9.17, 15) is 9.90 Å². The Hall–Kier alpha value is -2.85. The van der Waals surface area contributed by atoms with Crippen molar-refractivity contribution < 1.29 is 30.0 Å². The molecule has 1 aromatic heterocycles. The first kappa shape index (κ1) is 33.4. The number of carbonyl (C=O) groups excluding carboxylic acids is 1. The number of fused-ring (bicyclic) bond motifs is 1. The third kappa shape index (κ3) is 8.57. The Morgan fingerprint density at radius 2 is 1.55 bits per heavy atom. The van der Waals surface area contributed by atoms with E-state index in [0.29, 0.717) is 0 Å². The van der Waals surface area contributed by atoms with Crippen LogP contribution in [0.15, 0.2) is 78.6 Å². The maximum absolute atomic E-state index is 11.0. The predicted octanol–water partition coefficient (Wildman–Crippen LogP) is 8.84. The molecule has 0 aliphatic rings. The van der Waals surface area contributed by atoms with Gasteiger partial charge in [-0.15, -0.1) is 34.9 Å². The number of aliphatic hydroxyl groups excluding tert-OH is 1. The van der Waals surface area contributed by atoms with E-state index in [1.165, 1.54) is 33.3 Å². The van der Waals surface area contributed by atoms with Crippen LogP contribution in [0.5, 0.6) is 0 Å². The van der Waals surface area contributed by atoms with E-state index in [2.05, 4.69) is 106 Å². The summed E-state index contributed by atoms with van der Waals surface area (Å²) in [6.07, 6.45) is 1.31. The van der Waals surface area contributed by atoms with Crippen LogP contribution in [0.2, 0.25) is 19.6 Å². The number of aromatic nitrogens is 1. The molecule has 0 aliphatic carbocycles. The molecule has 0 bridgehead atoms. The number of nitrogens with zero attached hydrogens (tertiary/aromatic N) is 1. The number of ketones is 1. The Morgan fingerprint density at radius 1 is 0.900 bits per heavy atom. The van der Waals surface area contributed by atoms with Crippen LogP contribution in [-0.4, -0.2) is 23.9 Å². The molecule has 3 nitrogen and oxygen atoms in total. The van der Waals surface area contributed by atoms with Crippen molar-refractivity contribution in [2.45, 2.75) is 61.2 Å². The van der Waals surface area contributed by atoms with Gasteiger partial charge in [0.05, 0.1) is 19.3 Å². The molecular formula is C35H42IrNO2Si-. The number of pyridine rings is 1. The van der Waals surface area contributed by atoms with Crippen LogP contribution in [0.4, 0.5) is 0 Å². The Morgan fingerprint density at radius 3 is 2.10 bits per heavy atom. The molecule has 3 aromatic carbocycles. The zero-order valence-electron chi connectivity index (χ0n) is 25.2. The van der Waals surface area contributed by atoms with Crippen molar-refractivity contribution in [3.63, 3.8) is 0 Å². The van der Waals surface area contributed by atoms with Crippen molar-refractivity contribution in [1.29, 1.82) is 0 Å². The molecule has 1 heterocycles. The van der Waals surface area contributed by atoms with Crippen LogP contribution in [0.3, 0.4) is 0 Å². The summed E-state index contributed by atoms with van der Waals surface area (Å²) in [6.45, 7) is 18.8. The standard InChI is InChI=1S/C26H26NSi.C9H16O2.Ir/c1-18-15-19(2)17-21(16-18)24-13-12-23-25(27-24)14-11-22(26(23)28(3,4)5)20-9-7-6-8-10-20;1-6(2)8(10)5-9(11)7(3)4;/h6-16H,1-5H3;5-7,10H,1-4H3;/q-1;;/b;8-5-;. The number of carbonyl (C=O) groups is 1. The van der Waals surface area contributed by atoms with Gasteiger partial charge in [0.2, 0.25) is 0 Å². The molecule has 1 N–H and O–H groups in total. The fourth-order valence-corrected chi connectivity index (χ4v) is 6.59. The Bertz CT molecular complexity index is 1460. The van der Waals surface area contributed by atoms with E-state index < -0.39 is 8.07 Å². The second-order valence-corrected chi connectivity index (χ2v) is 16.9. The molecule has 213 valence electrons. The van der Waals surface area contributed by atoms with Crippen molar-refractivity contribution in [2.24, 2.45) is 11.8 Å². The van der Waals surface area contributed by atoms with Gasteiger partial charge in [0.1, 0.15) is 0 Å². The zero-order chi connectivity index (χ0) is 28.9. The molecule has 0 fully saturated rings. The first-order chi connectivity index (χ1) is 18.3. The molecule has 0 aliphatic heterocycles. The molecule has 5 heteroatoms. The molecule has 40 heavy (non-hydrogen) atoms. The summed E-state index contributed by atoms with van der Waals surface area (Å²) in [5.41, 5.74) is 8.17. The number of hydrogen-bond acceptors (Lipinski definition) is 3. The van der Waals surface area contributed by atoms with Crippen LogP contribution in [0.1, 0.15) is 38.8 Å². The van der Waals surface area contributed by atoms with Crippen LogP contribution < -0.4 is 5.19 Å². The number of aryl methyl sites for hydroxylation is 2. The molecule has 4 rings (SSSR count). The monoisotopic (exact) mass is 729 g/mol. The summed E-state index contributed by atoms with van der Waals surface area (Å²) in [7, 11) is -1.59. The molecule has 0 saturated carbocycles. The van der Waals surface area contributed by atoms with Crippen LogP contribution in [-0.2, 0) is 24.9 Å². The summed E-state index contributed by atoms with van der Waals surface area (Å²) in [4.78, 5) is 16.0. The fraction of sp³-hybridized carbons (Fsp3) is 0.314. The minimum absolute atomic E-state index is 0. The average molecular weight is 729 g/mol. The zero-order valence-corrected chi connectivity index (χ0v) is 28.6. The molecule has 0 atom stereocenters. The minimum Gasteiger partial charge on any atom is -0.512 e. The second kappa shape index (κ2) is 14.2. The number of rotatable bonds is 6. The van der Waals surface area contributed by atoms with Gasteiger partial charge in [-0.2, -0.15) is 0 Å². The SMILES string of the molecule is CC(C)C(=O)/C=C(\O)C(C)C.Cc1[c-]c(-c2ccc3c([Si](C)(C)C)c(-c4ccccc4)ccc3n2)cc(C)c1.[Ir]. The van der Waals surface area contributed by atoms with Crippen LogP contribution in [0.25, 0.3) is 33.3 Å². The van der Waals surface area contributed by atoms with Crippen LogP contribution in [0, 0.1) is 31.7 Å². The largest absolute Gasteiger partial charge is 0.512 e. The van der Waals surface area contributed by atoms with Crippen molar-refractivity contribution in [2.75, 3.05) is 0 Å². The van der Waals surface area contributed by atoms with E-state index in [0.717, 1.165) is 22.3 Å². The third-order valence-corrected chi connectivity index (χ3v) is 8.62. The summed E-state index contributed by atoms with van der Waals surface area (Å²) in [6, 6.07) is 27.4.